The van der Waals surface area contributed by atoms with Crippen LogP contribution >= 0.6 is 51.5 Å². The normalized spacial score (nSPS) is 10.9. The van der Waals surface area contributed by atoms with E-state index in [1.807, 2.05) is 17.5 Å². The van der Waals surface area contributed by atoms with E-state index in [0.717, 1.165) is 24.5 Å². The molecule has 0 fully saturated rings. The molecule has 0 bridgehead atoms. The molecule has 0 unspecified atom stereocenters. The lowest BCUT2D eigenvalue weighted by Gasteiger charge is -1.96. The lowest BCUT2D eigenvalue weighted by atomic mass is 10.3. The third-order valence-corrected chi connectivity index (χ3v) is 4.38. The van der Waals surface area contributed by atoms with Gasteiger partial charge in [0.1, 0.15) is 0 Å². The summed E-state index contributed by atoms with van der Waals surface area (Å²) < 4.78 is 2.24. The van der Waals surface area contributed by atoms with Gasteiger partial charge in [0, 0.05) is 20.1 Å². The topological polar surface area (TPSA) is 0 Å². The fourth-order valence-electron chi connectivity index (χ4n) is 1.06. The van der Waals surface area contributed by atoms with Crippen LogP contribution in [0.4, 0.5) is 0 Å². The van der Waals surface area contributed by atoms with Gasteiger partial charge in [-0.1, -0.05) is 11.6 Å². The van der Waals surface area contributed by atoms with E-state index in [9.17, 15) is 0 Å². The molecule has 0 aliphatic carbocycles. The molecule has 62 valence electrons. The Kier molecular flexibility index (Phi) is 2.38. The van der Waals surface area contributed by atoms with Crippen molar-refractivity contribution in [2.24, 2.45) is 0 Å². The number of thiophene rings is 1. The second kappa shape index (κ2) is 3.22. The van der Waals surface area contributed by atoms with E-state index in [1.54, 1.807) is 11.3 Å². The molecule has 0 aliphatic rings. The smallest absolute Gasteiger partial charge is 0.0511 e. The zero-order valence-corrected chi connectivity index (χ0v) is 9.90. The van der Waals surface area contributed by atoms with Gasteiger partial charge in [0.2, 0.25) is 0 Å². The van der Waals surface area contributed by atoms with Gasteiger partial charge in [0.05, 0.1) is 9.72 Å². The molecule has 0 nitrogen and oxygen atoms in total. The van der Waals surface area contributed by atoms with Crippen LogP contribution in [0.25, 0.3) is 10.1 Å². The van der Waals surface area contributed by atoms with Crippen LogP contribution in [0.5, 0.6) is 0 Å². The number of thiol groups is 1. The van der Waals surface area contributed by atoms with Crippen LogP contribution < -0.4 is 0 Å². The quantitative estimate of drug-likeness (QED) is 0.669. The fraction of sp³-hybridized carbons (Fsp3) is 0. The molecule has 0 atom stereocenters. The number of hydrogen-bond acceptors (Lipinski definition) is 2. The van der Waals surface area contributed by atoms with Gasteiger partial charge in [0.25, 0.3) is 0 Å². The third-order valence-electron chi connectivity index (χ3n) is 1.60. The predicted octanol–water partition coefficient (Wildman–Crippen LogP) is 4.61. The average Bonchev–Trinajstić information content (AvgIpc) is 2.42. The second-order valence-corrected chi connectivity index (χ2v) is 4.98. The number of benzene rings is 1. The molecule has 0 N–H and O–H groups in total. The monoisotopic (exact) mass is 278 g/mol. The number of fused-ring (bicyclic) bond motifs is 1. The van der Waals surface area contributed by atoms with Crippen molar-refractivity contribution in [3.63, 3.8) is 0 Å². The van der Waals surface area contributed by atoms with E-state index in [-0.39, 0.29) is 0 Å². The Bertz CT molecular complexity index is 436. The predicted molar refractivity (Wildman–Crippen MR) is 61.8 cm³/mol. The Morgan fingerprint density at radius 3 is 2.83 bits per heavy atom. The minimum atomic E-state index is 0.763. The molecular formula is C8H4BrClS2. The summed E-state index contributed by atoms with van der Waals surface area (Å²) >= 11 is 15.4. The van der Waals surface area contributed by atoms with Crippen molar-refractivity contribution in [2.75, 3.05) is 0 Å². The first kappa shape index (κ1) is 8.88. The van der Waals surface area contributed by atoms with E-state index < -0.39 is 0 Å². The Morgan fingerprint density at radius 1 is 1.42 bits per heavy atom. The average molecular weight is 280 g/mol. The second-order valence-electron chi connectivity index (χ2n) is 2.35. The van der Waals surface area contributed by atoms with Crippen LogP contribution in [0.15, 0.2) is 26.9 Å². The maximum atomic E-state index is 6.01. The molecule has 0 saturated heterocycles. The maximum absolute atomic E-state index is 6.01. The standard InChI is InChI=1S/C8H4BrClS2/c9-4-1-2-5(10)7-6(11)3-12-8(4)7/h1-3,11H. The highest BCUT2D eigenvalue weighted by Gasteiger charge is 2.07. The van der Waals surface area contributed by atoms with Gasteiger partial charge >= 0.3 is 0 Å². The lowest BCUT2D eigenvalue weighted by molar-refractivity contribution is 1.67. The SMILES string of the molecule is Sc1csc2c(Br)ccc(Cl)c12. The van der Waals surface area contributed by atoms with Gasteiger partial charge < -0.3 is 0 Å². The van der Waals surface area contributed by atoms with Crippen LogP contribution in [-0.4, -0.2) is 0 Å². The summed E-state index contributed by atoms with van der Waals surface area (Å²) in [6.45, 7) is 0. The minimum Gasteiger partial charge on any atom is -0.142 e. The van der Waals surface area contributed by atoms with E-state index in [1.165, 1.54) is 0 Å². The molecule has 2 aromatic rings. The van der Waals surface area contributed by atoms with Crippen molar-refractivity contribution in [3.8, 4) is 0 Å². The number of hydrogen-bond donors (Lipinski definition) is 1. The van der Waals surface area contributed by atoms with Crippen LogP contribution in [0.2, 0.25) is 5.02 Å². The first-order valence-corrected chi connectivity index (χ1v) is 5.74. The highest BCUT2D eigenvalue weighted by Crippen LogP contribution is 2.38. The van der Waals surface area contributed by atoms with Crippen molar-refractivity contribution in [2.45, 2.75) is 4.90 Å². The Balaban J connectivity index is 2.98. The zero-order valence-electron chi connectivity index (χ0n) is 5.84. The van der Waals surface area contributed by atoms with E-state index in [2.05, 4.69) is 28.6 Å². The van der Waals surface area contributed by atoms with Gasteiger partial charge in [-0.2, -0.15) is 0 Å². The molecular weight excluding hydrogens is 276 g/mol. The number of halogens is 2. The van der Waals surface area contributed by atoms with Crippen molar-refractivity contribution in [1.82, 2.24) is 0 Å². The highest BCUT2D eigenvalue weighted by atomic mass is 79.9. The number of rotatable bonds is 0. The molecule has 0 spiro atoms. The molecule has 0 radical (unpaired) electrons. The summed E-state index contributed by atoms with van der Waals surface area (Å²) in [5, 5.41) is 3.79. The van der Waals surface area contributed by atoms with Gasteiger partial charge in [-0.3, -0.25) is 0 Å². The zero-order chi connectivity index (χ0) is 8.72. The van der Waals surface area contributed by atoms with Crippen LogP contribution in [0, 0.1) is 0 Å². The van der Waals surface area contributed by atoms with E-state index in [0.29, 0.717) is 0 Å². The van der Waals surface area contributed by atoms with Gasteiger partial charge in [-0.25, -0.2) is 0 Å². The Morgan fingerprint density at radius 2 is 2.17 bits per heavy atom. The van der Waals surface area contributed by atoms with Gasteiger partial charge in [-0.05, 0) is 28.1 Å². The van der Waals surface area contributed by atoms with Crippen molar-refractivity contribution < 1.29 is 0 Å². The molecule has 12 heavy (non-hydrogen) atoms. The van der Waals surface area contributed by atoms with E-state index >= 15 is 0 Å². The molecule has 4 heteroatoms. The molecule has 1 aromatic carbocycles. The molecule has 0 aliphatic heterocycles. The molecule has 1 aromatic heterocycles. The minimum absolute atomic E-state index is 0.763. The Hall–Kier alpha value is 0.300. The van der Waals surface area contributed by atoms with E-state index in [4.69, 9.17) is 11.6 Å². The lowest BCUT2D eigenvalue weighted by Crippen LogP contribution is -1.69. The van der Waals surface area contributed by atoms with Crippen LogP contribution in [-0.2, 0) is 0 Å². The van der Waals surface area contributed by atoms with Crippen molar-refractivity contribution >= 4 is 61.6 Å². The summed E-state index contributed by atoms with van der Waals surface area (Å²) in [6, 6.07) is 3.83. The summed E-state index contributed by atoms with van der Waals surface area (Å²) in [7, 11) is 0. The molecule has 0 saturated carbocycles. The van der Waals surface area contributed by atoms with Crippen molar-refractivity contribution in [3.05, 3.63) is 27.0 Å². The summed E-state index contributed by atoms with van der Waals surface area (Å²) in [4.78, 5) is 0.946. The molecule has 2 rings (SSSR count). The summed E-state index contributed by atoms with van der Waals surface area (Å²) in [6.07, 6.45) is 0. The summed E-state index contributed by atoms with van der Waals surface area (Å²) in [5.41, 5.74) is 0. The fourth-order valence-corrected chi connectivity index (χ4v) is 3.38. The molecule has 1 heterocycles. The summed E-state index contributed by atoms with van der Waals surface area (Å²) in [5.74, 6) is 0. The third kappa shape index (κ3) is 1.29. The first-order chi connectivity index (χ1) is 5.70. The van der Waals surface area contributed by atoms with Crippen molar-refractivity contribution in [1.29, 1.82) is 0 Å². The maximum Gasteiger partial charge on any atom is 0.0511 e. The molecule has 0 amide bonds. The van der Waals surface area contributed by atoms with Gasteiger partial charge in [0.15, 0.2) is 0 Å². The first-order valence-electron chi connectivity index (χ1n) is 3.24. The Labute approximate surface area is 93.1 Å². The van der Waals surface area contributed by atoms with Crippen LogP contribution in [0.3, 0.4) is 0 Å². The largest absolute Gasteiger partial charge is 0.142 e. The highest BCUT2D eigenvalue weighted by molar-refractivity contribution is 9.10. The van der Waals surface area contributed by atoms with Crippen LogP contribution in [0.1, 0.15) is 0 Å². The van der Waals surface area contributed by atoms with Gasteiger partial charge in [-0.15, -0.1) is 24.0 Å².